The summed E-state index contributed by atoms with van der Waals surface area (Å²) >= 11 is 0. The molecule has 1 aromatic carbocycles. The number of ketones is 1. The molecule has 1 amide bonds. The zero-order chi connectivity index (χ0) is 24.8. The lowest BCUT2D eigenvalue weighted by Crippen LogP contribution is -2.38. The van der Waals surface area contributed by atoms with Crippen molar-refractivity contribution in [3.63, 3.8) is 0 Å². The third kappa shape index (κ3) is 5.47. The Bertz CT molecular complexity index is 1050. The first-order valence-electron chi connectivity index (χ1n) is 11.9. The number of Topliss-reactive ketones (excluding diaryl/α,β-unsaturated/α-hetero) is 1. The number of aryl methyl sites for hydroxylation is 1. The Balaban J connectivity index is 2.02. The van der Waals surface area contributed by atoms with Crippen molar-refractivity contribution < 1.29 is 19.4 Å². The predicted molar refractivity (Wildman–Crippen MR) is 133 cm³/mol. The molecule has 0 radical (unpaired) electrons. The summed E-state index contributed by atoms with van der Waals surface area (Å²) in [6.45, 7) is 13.5. The SMILES string of the molecule is CCN(CC)CCN1C(=O)C(=O)C(=C(O)c2ccc(OCC(C)C)c(C)c2)C1c1ccncc1. The van der Waals surface area contributed by atoms with Gasteiger partial charge in [-0.3, -0.25) is 14.6 Å². The van der Waals surface area contributed by atoms with Crippen molar-refractivity contribution in [2.24, 2.45) is 5.92 Å². The molecule has 1 fully saturated rings. The van der Waals surface area contributed by atoms with Gasteiger partial charge in [-0.15, -0.1) is 0 Å². The van der Waals surface area contributed by atoms with Crippen LogP contribution in [0.5, 0.6) is 5.75 Å². The number of carbonyl (C=O) groups excluding carboxylic acids is 2. The quantitative estimate of drug-likeness (QED) is 0.322. The van der Waals surface area contributed by atoms with E-state index in [9.17, 15) is 14.7 Å². The van der Waals surface area contributed by atoms with Crippen LogP contribution in [-0.4, -0.2) is 64.4 Å². The van der Waals surface area contributed by atoms with Crippen molar-refractivity contribution >= 4 is 17.4 Å². The first kappa shape index (κ1) is 25.4. The van der Waals surface area contributed by atoms with Crippen LogP contribution in [0.15, 0.2) is 48.3 Å². The van der Waals surface area contributed by atoms with Crippen molar-refractivity contribution in [2.45, 2.75) is 40.7 Å². The number of likely N-dealkylation sites (tertiary alicyclic amines) is 1. The molecule has 1 saturated heterocycles. The van der Waals surface area contributed by atoms with Crippen molar-refractivity contribution in [3.8, 4) is 5.75 Å². The molecule has 1 aliphatic heterocycles. The van der Waals surface area contributed by atoms with Gasteiger partial charge in [-0.25, -0.2) is 0 Å². The summed E-state index contributed by atoms with van der Waals surface area (Å²) in [7, 11) is 0. The minimum atomic E-state index is -0.671. The second-order valence-electron chi connectivity index (χ2n) is 8.99. The lowest BCUT2D eigenvalue weighted by Gasteiger charge is -2.28. The Morgan fingerprint density at radius 1 is 1.15 bits per heavy atom. The highest BCUT2D eigenvalue weighted by Gasteiger charge is 2.46. The van der Waals surface area contributed by atoms with E-state index in [2.05, 4.69) is 37.6 Å². The number of benzene rings is 1. The Hall–Kier alpha value is -3.19. The number of rotatable bonds is 10. The number of nitrogens with zero attached hydrogens (tertiary/aromatic N) is 3. The van der Waals surface area contributed by atoms with Gasteiger partial charge in [0.15, 0.2) is 0 Å². The van der Waals surface area contributed by atoms with Crippen LogP contribution in [0.25, 0.3) is 5.76 Å². The number of amides is 1. The van der Waals surface area contributed by atoms with Gasteiger partial charge in [0.2, 0.25) is 0 Å². The molecule has 7 heteroatoms. The maximum atomic E-state index is 13.2. The molecule has 1 aromatic heterocycles. The predicted octanol–water partition coefficient (Wildman–Crippen LogP) is 4.19. The van der Waals surface area contributed by atoms with E-state index in [1.165, 1.54) is 0 Å². The topological polar surface area (TPSA) is 83.0 Å². The van der Waals surface area contributed by atoms with Gasteiger partial charge in [-0.2, -0.15) is 0 Å². The first-order valence-corrected chi connectivity index (χ1v) is 11.9. The van der Waals surface area contributed by atoms with Gasteiger partial charge < -0.3 is 19.6 Å². The summed E-state index contributed by atoms with van der Waals surface area (Å²) in [6, 6.07) is 8.20. The second-order valence-corrected chi connectivity index (χ2v) is 8.99. The van der Waals surface area contributed by atoms with Gasteiger partial charge in [0.25, 0.3) is 11.7 Å². The molecule has 0 aliphatic carbocycles. The summed E-state index contributed by atoms with van der Waals surface area (Å²) in [5, 5.41) is 11.3. The fourth-order valence-corrected chi connectivity index (χ4v) is 4.16. The minimum absolute atomic E-state index is 0.103. The molecule has 0 bridgehead atoms. The maximum Gasteiger partial charge on any atom is 0.295 e. The zero-order valence-electron chi connectivity index (χ0n) is 20.7. The van der Waals surface area contributed by atoms with E-state index < -0.39 is 17.7 Å². The lowest BCUT2D eigenvalue weighted by atomic mass is 9.95. The molecule has 3 rings (SSSR count). The van der Waals surface area contributed by atoms with E-state index in [0.29, 0.717) is 31.2 Å². The summed E-state index contributed by atoms with van der Waals surface area (Å²) in [6.07, 6.45) is 3.26. The number of hydrogen-bond donors (Lipinski definition) is 1. The molecule has 0 spiro atoms. The Kier molecular flexibility index (Phi) is 8.45. The number of pyridine rings is 1. The van der Waals surface area contributed by atoms with Gasteiger partial charge in [-0.05, 0) is 67.4 Å². The van der Waals surface area contributed by atoms with Crippen LogP contribution in [0.4, 0.5) is 0 Å². The van der Waals surface area contributed by atoms with E-state index in [-0.39, 0.29) is 11.3 Å². The molecule has 1 unspecified atom stereocenters. The molecule has 182 valence electrons. The molecule has 1 atom stereocenters. The third-order valence-corrected chi connectivity index (χ3v) is 6.13. The van der Waals surface area contributed by atoms with Crippen LogP contribution in [0.2, 0.25) is 0 Å². The number of aliphatic hydroxyl groups excluding tert-OH is 1. The average Bonchev–Trinajstić information content (AvgIpc) is 3.08. The number of hydrogen-bond acceptors (Lipinski definition) is 6. The molecule has 1 aliphatic rings. The minimum Gasteiger partial charge on any atom is -0.507 e. The van der Waals surface area contributed by atoms with Gasteiger partial charge in [0, 0.05) is 31.0 Å². The summed E-state index contributed by atoms with van der Waals surface area (Å²) in [4.78, 5) is 34.1. The van der Waals surface area contributed by atoms with Crippen molar-refractivity contribution in [3.05, 3.63) is 65.0 Å². The second kappa shape index (κ2) is 11.3. The first-order chi connectivity index (χ1) is 16.3. The monoisotopic (exact) mass is 465 g/mol. The number of aliphatic hydroxyl groups is 1. The normalized spacial score (nSPS) is 17.7. The van der Waals surface area contributed by atoms with Crippen LogP contribution < -0.4 is 4.74 Å². The Morgan fingerprint density at radius 3 is 2.41 bits per heavy atom. The van der Waals surface area contributed by atoms with E-state index in [1.807, 2.05) is 6.92 Å². The largest absolute Gasteiger partial charge is 0.507 e. The van der Waals surface area contributed by atoms with E-state index in [1.54, 1.807) is 47.6 Å². The van der Waals surface area contributed by atoms with Gasteiger partial charge in [0.1, 0.15) is 11.5 Å². The van der Waals surface area contributed by atoms with Crippen LogP contribution in [0.3, 0.4) is 0 Å². The van der Waals surface area contributed by atoms with E-state index in [4.69, 9.17) is 4.74 Å². The number of aromatic nitrogens is 1. The van der Waals surface area contributed by atoms with Gasteiger partial charge in [0.05, 0.1) is 18.2 Å². The number of ether oxygens (including phenoxy) is 1. The van der Waals surface area contributed by atoms with Crippen LogP contribution in [-0.2, 0) is 9.59 Å². The van der Waals surface area contributed by atoms with Crippen molar-refractivity contribution in [1.29, 1.82) is 0 Å². The van der Waals surface area contributed by atoms with Crippen LogP contribution in [0.1, 0.15) is 50.4 Å². The highest BCUT2D eigenvalue weighted by molar-refractivity contribution is 6.46. The smallest absolute Gasteiger partial charge is 0.295 e. The van der Waals surface area contributed by atoms with Crippen molar-refractivity contribution in [2.75, 3.05) is 32.8 Å². The fraction of sp³-hybridized carbons (Fsp3) is 0.444. The van der Waals surface area contributed by atoms with Crippen LogP contribution >= 0.6 is 0 Å². The molecule has 2 heterocycles. The van der Waals surface area contributed by atoms with E-state index >= 15 is 0 Å². The molecular formula is C27H35N3O4. The molecule has 2 aromatic rings. The standard InChI is InChI=1S/C27H35N3O4/c1-6-29(7-2)14-15-30-24(20-10-12-28-13-11-20)23(26(32)27(30)33)25(31)21-8-9-22(19(5)16-21)34-17-18(3)4/h8-13,16,18,24,31H,6-7,14-15,17H2,1-5H3. The van der Waals surface area contributed by atoms with Crippen molar-refractivity contribution in [1.82, 2.24) is 14.8 Å². The Morgan fingerprint density at radius 2 is 1.82 bits per heavy atom. The molecular weight excluding hydrogens is 430 g/mol. The molecule has 34 heavy (non-hydrogen) atoms. The lowest BCUT2D eigenvalue weighted by molar-refractivity contribution is -0.140. The van der Waals surface area contributed by atoms with Crippen LogP contribution in [0, 0.1) is 12.8 Å². The zero-order valence-corrected chi connectivity index (χ0v) is 20.7. The Labute approximate surface area is 202 Å². The highest BCUT2D eigenvalue weighted by Crippen LogP contribution is 2.39. The van der Waals surface area contributed by atoms with Gasteiger partial charge in [-0.1, -0.05) is 27.7 Å². The molecule has 0 saturated carbocycles. The third-order valence-electron chi connectivity index (χ3n) is 6.13. The van der Waals surface area contributed by atoms with Gasteiger partial charge >= 0.3 is 0 Å². The summed E-state index contributed by atoms with van der Waals surface area (Å²) in [5.41, 5.74) is 2.17. The summed E-state index contributed by atoms with van der Waals surface area (Å²) in [5.74, 6) is -0.319. The number of carbonyl (C=O) groups is 2. The average molecular weight is 466 g/mol. The molecule has 1 N–H and O–H groups in total. The fourth-order valence-electron chi connectivity index (χ4n) is 4.16. The molecule has 7 nitrogen and oxygen atoms in total. The van der Waals surface area contributed by atoms with E-state index in [0.717, 1.165) is 30.0 Å². The maximum absolute atomic E-state index is 13.2. The number of likely N-dealkylation sites (N-methyl/N-ethyl adjacent to an activating group) is 1. The highest BCUT2D eigenvalue weighted by atomic mass is 16.5. The summed E-state index contributed by atoms with van der Waals surface area (Å²) < 4.78 is 5.84.